The molecular weight excluding hydrogens is 577 g/mol. The lowest BCUT2D eigenvalue weighted by Gasteiger charge is -2.30. The maximum absolute atomic E-state index is 14.2. The zero-order chi connectivity index (χ0) is 32.5. The van der Waals surface area contributed by atoms with Gasteiger partial charge in [-0.2, -0.15) is 0 Å². The number of benzene rings is 2. The molecule has 0 aliphatic carbocycles. The molecule has 0 bridgehead atoms. The number of likely N-dealkylation sites (tertiary alicyclic amines) is 1. The van der Waals surface area contributed by atoms with Crippen LogP contribution in [0.4, 0.5) is 4.39 Å². The number of phenolic OH excluding ortho intramolecular Hbond substituents is 1. The van der Waals surface area contributed by atoms with Crippen LogP contribution in [-0.2, 0) is 27.2 Å². The monoisotopic (exact) mass is 625 g/mol. The summed E-state index contributed by atoms with van der Waals surface area (Å²) in [6.45, 7) is 10.4. The number of nitrogens with zero attached hydrogens (tertiary/aromatic N) is 1. The Bertz CT molecular complexity index is 1320. The van der Waals surface area contributed by atoms with E-state index in [4.69, 9.17) is 4.74 Å². The molecule has 2 aliphatic heterocycles. The van der Waals surface area contributed by atoms with E-state index in [-0.39, 0.29) is 36.8 Å². The van der Waals surface area contributed by atoms with E-state index in [0.29, 0.717) is 25.1 Å². The molecule has 2 aliphatic rings. The minimum absolute atomic E-state index is 0.105. The Morgan fingerprint density at radius 1 is 0.978 bits per heavy atom. The van der Waals surface area contributed by atoms with Gasteiger partial charge in [0.25, 0.3) is 0 Å². The van der Waals surface area contributed by atoms with Crippen LogP contribution in [0.15, 0.2) is 42.5 Å². The molecule has 4 rings (SSSR count). The third-order valence-corrected chi connectivity index (χ3v) is 8.43. The molecule has 11 heteroatoms. The van der Waals surface area contributed by atoms with Crippen LogP contribution in [-0.4, -0.2) is 84.7 Å². The van der Waals surface area contributed by atoms with Gasteiger partial charge >= 0.3 is 0 Å². The molecular formula is C34H48FN5O5. The maximum Gasteiger partial charge on any atom is 0.243 e. The Hall–Kier alpha value is -3.70. The van der Waals surface area contributed by atoms with E-state index in [1.807, 2.05) is 45.0 Å². The second-order valence-electron chi connectivity index (χ2n) is 12.9. The Kier molecular flexibility index (Phi) is 12.2. The fourth-order valence-corrected chi connectivity index (χ4v) is 5.87. The maximum atomic E-state index is 14.2. The molecule has 0 aromatic heterocycles. The fourth-order valence-electron chi connectivity index (χ4n) is 5.87. The van der Waals surface area contributed by atoms with E-state index >= 15 is 0 Å². The first-order valence-corrected chi connectivity index (χ1v) is 16.0. The molecule has 246 valence electrons. The molecule has 1 saturated heterocycles. The Labute approximate surface area is 265 Å². The summed E-state index contributed by atoms with van der Waals surface area (Å²) in [4.78, 5) is 43.2. The van der Waals surface area contributed by atoms with Crippen molar-refractivity contribution in [3.8, 4) is 11.5 Å². The first-order chi connectivity index (χ1) is 21.5. The van der Waals surface area contributed by atoms with E-state index < -0.39 is 41.5 Å². The largest absolute Gasteiger partial charge is 0.505 e. The zero-order valence-corrected chi connectivity index (χ0v) is 26.8. The van der Waals surface area contributed by atoms with Crippen molar-refractivity contribution >= 4 is 17.7 Å². The second-order valence-corrected chi connectivity index (χ2v) is 12.9. The summed E-state index contributed by atoms with van der Waals surface area (Å²) in [5, 5.41) is 21.9. The molecule has 2 aromatic carbocycles. The number of rotatable bonds is 5. The minimum Gasteiger partial charge on any atom is -0.505 e. The number of halogens is 1. The number of carbonyl (C=O) groups excluding carboxylic acids is 3. The average molecular weight is 626 g/mol. The van der Waals surface area contributed by atoms with Crippen LogP contribution in [0.25, 0.3) is 0 Å². The molecule has 45 heavy (non-hydrogen) atoms. The van der Waals surface area contributed by atoms with Crippen LogP contribution in [0, 0.1) is 17.7 Å². The average Bonchev–Trinajstić information content (AvgIpc) is 3.52. The number of ether oxygens (including phenoxy) is 1. The lowest BCUT2D eigenvalue weighted by Crippen LogP contribution is -2.60. The Morgan fingerprint density at radius 2 is 1.71 bits per heavy atom. The SMILES string of the molecule is CC(C)[C@H]1NC(=O)[C@@H](Cc2ccc(O)c(F)c2)N[C@@H](C)COc2ccccc2C[C@H](C)CNC(=O)[C@H](CN2CCCC2)NC1=O. The van der Waals surface area contributed by atoms with Crippen LogP contribution in [0.2, 0.25) is 0 Å². The number of hydrogen-bond acceptors (Lipinski definition) is 7. The topological polar surface area (TPSA) is 132 Å². The van der Waals surface area contributed by atoms with Crippen molar-refractivity contribution < 1.29 is 28.6 Å². The molecule has 2 aromatic rings. The Morgan fingerprint density at radius 3 is 2.42 bits per heavy atom. The van der Waals surface area contributed by atoms with Gasteiger partial charge in [0.1, 0.15) is 24.4 Å². The third-order valence-electron chi connectivity index (χ3n) is 8.43. The van der Waals surface area contributed by atoms with Gasteiger partial charge in [-0.25, -0.2) is 4.39 Å². The predicted molar refractivity (Wildman–Crippen MR) is 170 cm³/mol. The highest BCUT2D eigenvalue weighted by atomic mass is 19.1. The number of carbonyl (C=O) groups is 3. The van der Waals surface area contributed by atoms with Crippen molar-refractivity contribution in [1.29, 1.82) is 0 Å². The molecule has 5 atom stereocenters. The molecule has 1 fully saturated rings. The van der Waals surface area contributed by atoms with Crippen molar-refractivity contribution in [1.82, 2.24) is 26.2 Å². The minimum atomic E-state index is -0.913. The van der Waals surface area contributed by atoms with Crippen molar-refractivity contribution in [3.05, 3.63) is 59.4 Å². The number of phenols is 1. The first-order valence-electron chi connectivity index (χ1n) is 16.0. The second kappa shape index (κ2) is 16.0. The lowest BCUT2D eigenvalue weighted by atomic mass is 9.99. The zero-order valence-electron chi connectivity index (χ0n) is 26.8. The van der Waals surface area contributed by atoms with Crippen LogP contribution >= 0.6 is 0 Å². The molecule has 0 radical (unpaired) electrons. The molecule has 10 nitrogen and oxygen atoms in total. The number of hydrogen-bond donors (Lipinski definition) is 5. The van der Waals surface area contributed by atoms with Crippen LogP contribution < -0.4 is 26.0 Å². The molecule has 3 amide bonds. The van der Waals surface area contributed by atoms with E-state index in [9.17, 15) is 23.9 Å². The van der Waals surface area contributed by atoms with E-state index in [0.717, 1.165) is 37.2 Å². The molecule has 0 unspecified atom stereocenters. The number of aromatic hydroxyl groups is 1. The summed E-state index contributed by atoms with van der Waals surface area (Å²) in [5.41, 5.74) is 1.50. The molecule has 2 heterocycles. The van der Waals surface area contributed by atoms with Crippen molar-refractivity contribution in [2.75, 3.05) is 32.8 Å². The van der Waals surface area contributed by atoms with E-state index in [1.54, 1.807) is 6.07 Å². The quantitative estimate of drug-likeness (QED) is 0.345. The summed E-state index contributed by atoms with van der Waals surface area (Å²) in [6.07, 6.45) is 2.87. The molecule has 5 N–H and O–H groups in total. The van der Waals surface area contributed by atoms with Crippen LogP contribution in [0.5, 0.6) is 11.5 Å². The van der Waals surface area contributed by atoms with Crippen molar-refractivity contribution in [2.24, 2.45) is 11.8 Å². The summed E-state index contributed by atoms with van der Waals surface area (Å²) in [6, 6.07) is 8.94. The van der Waals surface area contributed by atoms with Gasteiger partial charge in [0, 0.05) is 19.1 Å². The van der Waals surface area contributed by atoms with Gasteiger partial charge in [0.2, 0.25) is 17.7 Å². The van der Waals surface area contributed by atoms with Gasteiger partial charge in [0.05, 0.1) is 6.04 Å². The van der Waals surface area contributed by atoms with Gasteiger partial charge in [-0.1, -0.05) is 45.0 Å². The van der Waals surface area contributed by atoms with E-state index in [1.165, 1.54) is 12.1 Å². The van der Waals surface area contributed by atoms with Crippen molar-refractivity contribution in [2.45, 2.75) is 77.5 Å². The summed E-state index contributed by atoms with van der Waals surface area (Å²) in [7, 11) is 0. The number of para-hydroxylation sites is 1. The third kappa shape index (κ3) is 9.89. The number of fused-ring (bicyclic) bond motifs is 1. The highest BCUT2D eigenvalue weighted by Crippen LogP contribution is 2.22. The van der Waals surface area contributed by atoms with Crippen LogP contribution in [0.1, 0.15) is 51.7 Å². The Balaban J connectivity index is 1.63. The van der Waals surface area contributed by atoms with Gasteiger partial charge < -0.3 is 30.7 Å². The summed E-state index contributed by atoms with van der Waals surface area (Å²) >= 11 is 0. The smallest absolute Gasteiger partial charge is 0.243 e. The highest BCUT2D eigenvalue weighted by Gasteiger charge is 2.33. The van der Waals surface area contributed by atoms with Gasteiger partial charge in [-0.3, -0.25) is 19.7 Å². The van der Waals surface area contributed by atoms with Crippen molar-refractivity contribution in [3.63, 3.8) is 0 Å². The highest BCUT2D eigenvalue weighted by molar-refractivity contribution is 5.93. The lowest BCUT2D eigenvalue weighted by molar-refractivity contribution is -0.134. The summed E-state index contributed by atoms with van der Waals surface area (Å²) < 4.78 is 20.4. The van der Waals surface area contributed by atoms with Crippen LogP contribution in [0.3, 0.4) is 0 Å². The normalized spacial score (nSPS) is 26.2. The number of amides is 3. The number of nitrogens with one attached hydrogen (secondary N) is 4. The first kappa shape index (κ1) is 34.2. The fraction of sp³-hybridized carbons (Fsp3) is 0.559. The molecule has 0 spiro atoms. The predicted octanol–water partition coefficient (Wildman–Crippen LogP) is 2.53. The summed E-state index contributed by atoms with van der Waals surface area (Å²) in [5.74, 6) is -1.84. The standard InChI is InChI=1S/C34H48FN5O5/c1-21(2)31-34(44)38-28(19-40-13-7-8-14-40)32(42)36-18-22(3)15-25-9-5-6-10-30(25)45-20-23(4)37-27(33(43)39-31)17-24-11-12-29(41)26(35)16-24/h5-6,9-12,16,21-23,27-28,31,37,41H,7-8,13-15,17-20H2,1-4H3,(H,36,42)(H,38,44)(H,39,43)/t22-,23-,27+,28-,31+/m0/s1. The molecule has 0 saturated carbocycles. The van der Waals surface area contributed by atoms with Gasteiger partial charge in [-0.15, -0.1) is 0 Å². The van der Waals surface area contributed by atoms with Gasteiger partial charge in [-0.05, 0) is 86.9 Å². The van der Waals surface area contributed by atoms with Gasteiger partial charge in [0.15, 0.2) is 11.6 Å². The van der Waals surface area contributed by atoms with E-state index in [2.05, 4.69) is 33.1 Å².